The van der Waals surface area contributed by atoms with E-state index in [1.165, 1.54) is 6.07 Å². The molecule has 0 aliphatic rings. The lowest BCUT2D eigenvalue weighted by Gasteiger charge is -2.06. The van der Waals surface area contributed by atoms with Crippen molar-refractivity contribution in [3.63, 3.8) is 0 Å². The van der Waals surface area contributed by atoms with Gasteiger partial charge in [-0.05, 0) is 43.2 Å². The molecule has 1 heterocycles. The molecule has 2 N–H and O–H groups in total. The molecule has 0 unspecified atom stereocenters. The maximum absolute atomic E-state index is 13.2. The largest absolute Gasteiger partial charge is 0.325 e. The van der Waals surface area contributed by atoms with Crippen LogP contribution in [0.4, 0.5) is 4.39 Å². The number of hydrogen-bond acceptors (Lipinski definition) is 3. The third-order valence-electron chi connectivity index (χ3n) is 2.69. The van der Waals surface area contributed by atoms with Gasteiger partial charge in [-0.25, -0.2) is 14.4 Å². The first kappa shape index (κ1) is 11.7. The zero-order valence-corrected chi connectivity index (χ0v) is 9.87. The molecule has 1 aromatic carbocycles. The maximum atomic E-state index is 13.2. The van der Waals surface area contributed by atoms with Crippen molar-refractivity contribution in [1.29, 1.82) is 0 Å². The number of rotatable bonds is 2. The fraction of sp³-hybridized carbons (Fsp3) is 0.231. The molecule has 17 heavy (non-hydrogen) atoms. The third kappa shape index (κ3) is 2.31. The Bertz CT molecular complexity index is 552. The summed E-state index contributed by atoms with van der Waals surface area (Å²) in [5, 5.41) is 0. The van der Waals surface area contributed by atoms with Gasteiger partial charge in [0.05, 0.1) is 5.69 Å². The highest BCUT2D eigenvalue weighted by Crippen LogP contribution is 2.19. The Morgan fingerprint density at radius 2 is 2.00 bits per heavy atom. The van der Waals surface area contributed by atoms with Crippen molar-refractivity contribution in [1.82, 2.24) is 9.97 Å². The fourth-order valence-corrected chi connectivity index (χ4v) is 1.61. The van der Waals surface area contributed by atoms with Crippen molar-refractivity contribution in [3.8, 4) is 11.4 Å². The summed E-state index contributed by atoms with van der Waals surface area (Å²) in [5.41, 5.74) is 8.77. The topological polar surface area (TPSA) is 51.8 Å². The molecule has 3 nitrogen and oxygen atoms in total. The normalized spacial score (nSPS) is 10.6. The van der Waals surface area contributed by atoms with Gasteiger partial charge in [0.25, 0.3) is 0 Å². The van der Waals surface area contributed by atoms with Crippen LogP contribution in [0, 0.1) is 19.7 Å². The van der Waals surface area contributed by atoms with Crippen molar-refractivity contribution < 1.29 is 4.39 Å². The summed E-state index contributed by atoms with van der Waals surface area (Å²) in [6.07, 6.45) is 1.74. The first-order valence-corrected chi connectivity index (χ1v) is 5.41. The third-order valence-corrected chi connectivity index (χ3v) is 2.69. The molecule has 0 fully saturated rings. The van der Waals surface area contributed by atoms with E-state index in [0.29, 0.717) is 17.9 Å². The summed E-state index contributed by atoms with van der Waals surface area (Å²) in [7, 11) is 0. The number of hydrogen-bond donors (Lipinski definition) is 1. The van der Waals surface area contributed by atoms with Crippen LogP contribution in [0.5, 0.6) is 0 Å². The summed E-state index contributed by atoms with van der Waals surface area (Å²) < 4.78 is 13.2. The molecule has 0 aliphatic carbocycles. The van der Waals surface area contributed by atoms with E-state index in [-0.39, 0.29) is 5.82 Å². The minimum atomic E-state index is -0.222. The second-order valence-corrected chi connectivity index (χ2v) is 3.99. The highest BCUT2D eigenvalue weighted by atomic mass is 19.1. The lowest BCUT2D eigenvalue weighted by Crippen LogP contribution is -2.04. The maximum Gasteiger partial charge on any atom is 0.159 e. The van der Waals surface area contributed by atoms with Crippen molar-refractivity contribution in [2.75, 3.05) is 0 Å². The molecule has 0 saturated carbocycles. The second-order valence-electron chi connectivity index (χ2n) is 3.99. The molecule has 0 spiro atoms. The van der Waals surface area contributed by atoms with E-state index >= 15 is 0 Å². The minimum absolute atomic E-state index is 0.222. The molecule has 1 aromatic heterocycles. The predicted octanol–water partition coefficient (Wildman–Crippen LogP) is 2.36. The number of nitrogens with zero attached hydrogens (tertiary/aromatic N) is 2. The van der Waals surface area contributed by atoms with Crippen molar-refractivity contribution >= 4 is 0 Å². The number of aromatic nitrogens is 2. The highest BCUT2D eigenvalue weighted by Gasteiger charge is 2.06. The molecule has 2 aromatic rings. The predicted molar refractivity (Wildman–Crippen MR) is 64.8 cm³/mol. The number of aryl methyl sites for hydroxylation is 2. The quantitative estimate of drug-likeness (QED) is 0.863. The molecule has 0 atom stereocenters. The molecule has 2 rings (SSSR count). The molecule has 0 aliphatic heterocycles. The highest BCUT2D eigenvalue weighted by molar-refractivity contribution is 5.56. The zero-order valence-electron chi connectivity index (χ0n) is 9.87. The van der Waals surface area contributed by atoms with Crippen molar-refractivity contribution in [3.05, 3.63) is 47.0 Å². The van der Waals surface area contributed by atoms with Crippen LogP contribution in [0.2, 0.25) is 0 Å². The van der Waals surface area contributed by atoms with E-state index in [2.05, 4.69) is 9.97 Å². The summed E-state index contributed by atoms with van der Waals surface area (Å²) in [6, 6.07) is 4.84. The van der Waals surface area contributed by atoms with Gasteiger partial charge in [-0.3, -0.25) is 0 Å². The molecule has 4 heteroatoms. The van der Waals surface area contributed by atoms with Gasteiger partial charge in [-0.1, -0.05) is 0 Å². The number of nitrogens with two attached hydrogens (primary N) is 1. The van der Waals surface area contributed by atoms with Gasteiger partial charge in [-0.15, -0.1) is 0 Å². The van der Waals surface area contributed by atoms with Crippen LogP contribution in [-0.2, 0) is 6.54 Å². The number of benzene rings is 1. The van der Waals surface area contributed by atoms with Crippen LogP contribution < -0.4 is 5.73 Å². The van der Waals surface area contributed by atoms with Crippen LogP contribution in [0.3, 0.4) is 0 Å². The monoisotopic (exact) mass is 231 g/mol. The molecule has 88 valence electrons. The molecule has 0 amide bonds. The zero-order chi connectivity index (χ0) is 12.4. The van der Waals surface area contributed by atoms with E-state index in [1.54, 1.807) is 25.3 Å². The van der Waals surface area contributed by atoms with Gasteiger partial charge in [0.1, 0.15) is 5.82 Å². The van der Waals surface area contributed by atoms with Crippen LogP contribution in [-0.4, -0.2) is 9.97 Å². The number of halogens is 1. The van der Waals surface area contributed by atoms with Gasteiger partial charge in [0.15, 0.2) is 5.82 Å². The Hall–Kier alpha value is -1.81. The summed E-state index contributed by atoms with van der Waals surface area (Å²) in [6.45, 7) is 4.01. The van der Waals surface area contributed by atoms with E-state index < -0.39 is 0 Å². The summed E-state index contributed by atoms with van der Waals surface area (Å²) in [5.74, 6) is 0.360. The van der Waals surface area contributed by atoms with E-state index in [1.807, 2.05) is 6.92 Å². The van der Waals surface area contributed by atoms with Crippen molar-refractivity contribution in [2.45, 2.75) is 20.4 Å². The molecule has 0 saturated heterocycles. The Morgan fingerprint density at radius 1 is 1.24 bits per heavy atom. The summed E-state index contributed by atoms with van der Waals surface area (Å²) in [4.78, 5) is 8.61. The standard InChI is InChI=1S/C13H14FN3/c1-8-5-10(3-4-11(8)14)13-16-7-9(2)12(6-15)17-13/h3-5,7H,6,15H2,1-2H3. The summed E-state index contributed by atoms with van der Waals surface area (Å²) >= 11 is 0. The average molecular weight is 231 g/mol. The fourth-order valence-electron chi connectivity index (χ4n) is 1.61. The Balaban J connectivity index is 2.49. The first-order chi connectivity index (χ1) is 8.11. The van der Waals surface area contributed by atoms with E-state index in [9.17, 15) is 4.39 Å². The Morgan fingerprint density at radius 3 is 2.65 bits per heavy atom. The minimum Gasteiger partial charge on any atom is -0.325 e. The SMILES string of the molecule is Cc1cc(-c2ncc(C)c(CN)n2)ccc1F. The van der Waals surface area contributed by atoms with Crippen LogP contribution in [0.15, 0.2) is 24.4 Å². The molecular weight excluding hydrogens is 217 g/mol. The molecule has 0 radical (unpaired) electrons. The lowest BCUT2D eigenvalue weighted by atomic mass is 10.1. The van der Waals surface area contributed by atoms with Gasteiger partial charge in [0, 0.05) is 18.3 Å². The van der Waals surface area contributed by atoms with Crippen LogP contribution >= 0.6 is 0 Å². The Labute approximate surface area is 99.5 Å². The average Bonchev–Trinajstić information content (AvgIpc) is 2.33. The van der Waals surface area contributed by atoms with Crippen LogP contribution in [0.1, 0.15) is 16.8 Å². The smallest absolute Gasteiger partial charge is 0.159 e. The molecular formula is C13H14FN3. The van der Waals surface area contributed by atoms with Gasteiger partial charge < -0.3 is 5.73 Å². The van der Waals surface area contributed by atoms with Gasteiger partial charge in [-0.2, -0.15) is 0 Å². The van der Waals surface area contributed by atoms with Gasteiger partial charge >= 0.3 is 0 Å². The van der Waals surface area contributed by atoms with Crippen LogP contribution in [0.25, 0.3) is 11.4 Å². The first-order valence-electron chi connectivity index (χ1n) is 5.41. The van der Waals surface area contributed by atoms with E-state index in [4.69, 9.17) is 5.73 Å². The second kappa shape index (κ2) is 4.59. The Kier molecular flexibility index (Phi) is 3.15. The van der Waals surface area contributed by atoms with Crippen molar-refractivity contribution in [2.24, 2.45) is 5.73 Å². The lowest BCUT2D eigenvalue weighted by molar-refractivity contribution is 0.618. The van der Waals surface area contributed by atoms with Gasteiger partial charge in [0.2, 0.25) is 0 Å². The molecule has 0 bridgehead atoms. The van der Waals surface area contributed by atoms with E-state index in [0.717, 1.165) is 16.8 Å².